The lowest BCUT2D eigenvalue weighted by atomic mass is 9.75. The molecular weight excluding hydrogens is 257 g/mol. The standard InChI is InChI=1S/C12H11Cl2N3/c13-9-1-2-10(11(14)5-9)12(3-4-16-17-12)8-6-15-7-8/h1-5,8,15H,6-7H2. The van der Waals surface area contributed by atoms with Crippen LogP contribution >= 0.6 is 23.2 Å². The van der Waals surface area contributed by atoms with Gasteiger partial charge in [-0.15, -0.1) is 0 Å². The summed E-state index contributed by atoms with van der Waals surface area (Å²) in [7, 11) is 0. The Hall–Kier alpha value is -0.900. The van der Waals surface area contributed by atoms with Crippen molar-refractivity contribution in [1.29, 1.82) is 0 Å². The Labute approximate surface area is 110 Å². The molecule has 1 atom stereocenters. The molecule has 1 aromatic rings. The van der Waals surface area contributed by atoms with Crippen molar-refractivity contribution >= 4 is 23.2 Å². The Morgan fingerprint density at radius 3 is 2.65 bits per heavy atom. The molecule has 3 nitrogen and oxygen atoms in total. The van der Waals surface area contributed by atoms with Gasteiger partial charge in [-0.2, -0.15) is 10.2 Å². The number of halogens is 2. The van der Waals surface area contributed by atoms with Gasteiger partial charge in [-0.25, -0.2) is 0 Å². The van der Waals surface area contributed by atoms with Crippen LogP contribution in [0, 0.1) is 5.92 Å². The zero-order valence-electron chi connectivity index (χ0n) is 9.03. The largest absolute Gasteiger partial charge is 0.316 e. The molecule has 1 saturated heterocycles. The fourth-order valence-electron chi connectivity index (χ4n) is 2.30. The molecule has 2 aliphatic rings. The number of azo groups is 1. The number of rotatable bonds is 2. The van der Waals surface area contributed by atoms with E-state index in [0.717, 1.165) is 18.7 Å². The van der Waals surface area contributed by atoms with Crippen molar-refractivity contribution in [2.75, 3.05) is 13.1 Å². The quantitative estimate of drug-likeness (QED) is 0.877. The Balaban J connectivity index is 2.10. The summed E-state index contributed by atoms with van der Waals surface area (Å²) < 4.78 is 0. The molecule has 17 heavy (non-hydrogen) atoms. The van der Waals surface area contributed by atoms with E-state index in [1.165, 1.54) is 0 Å². The highest BCUT2D eigenvalue weighted by atomic mass is 35.5. The average Bonchev–Trinajstić information content (AvgIpc) is 2.64. The monoisotopic (exact) mass is 267 g/mol. The third-order valence-corrected chi connectivity index (χ3v) is 3.93. The first-order valence-corrected chi connectivity index (χ1v) is 6.24. The highest BCUT2D eigenvalue weighted by Gasteiger charge is 2.44. The normalized spacial score (nSPS) is 27.4. The van der Waals surface area contributed by atoms with Crippen LogP contribution in [0.3, 0.4) is 0 Å². The first-order chi connectivity index (χ1) is 8.22. The lowest BCUT2D eigenvalue weighted by Crippen LogP contribution is -2.52. The molecule has 1 N–H and O–H groups in total. The summed E-state index contributed by atoms with van der Waals surface area (Å²) in [5.41, 5.74) is 0.569. The molecular formula is C12H11Cl2N3. The second-order valence-electron chi connectivity index (χ2n) is 4.34. The van der Waals surface area contributed by atoms with Gasteiger partial charge in [0.25, 0.3) is 0 Å². The summed E-state index contributed by atoms with van der Waals surface area (Å²) >= 11 is 12.2. The Bertz CT molecular complexity index is 494. The molecule has 0 spiro atoms. The summed E-state index contributed by atoms with van der Waals surface area (Å²) in [6.07, 6.45) is 3.76. The molecule has 0 amide bonds. The fraction of sp³-hybridized carbons (Fsp3) is 0.333. The molecule has 88 valence electrons. The first kappa shape index (κ1) is 11.2. The van der Waals surface area contributed by atoms with E-state index in [1.807, 2.05) is 18.2 Å². The Morgan fingerprint density at radius 1 is 1.29 bits per heavy atom. The molecule has 0 radical (unpaired) electrons. The molecule has 0 saturated carbocycles. The molecule has 0 aliphatic carbocycles. The molecule has 1 fully saturated rings. The molecule has 2 heterocycles. The molecule has 0 bridgehead atoms. The van der Waals surface area contributed by atoms with E-state index in [4.69, 9.17) is 23.2 Å². The predicted molar refractivity (Wildman–Crippen MR) is 68.5 cm³/mol. The Morgan fingerprint density at radius 2 is 2.12 bits per heavy atom. The van der Waals surface area contributed by atoms with Crippen LogP contribution in [-0.2, 0) is 5.54 Å². The molecule has 1 unspecified atom stereocenters. The third-order valence-electron chi connectivity index (χ3n) is 3.38. The van der Waals surface area contributed by atoms with E-state index in [0.29, 0.717) is 16.0 Å². The summed E-state index contributed by atoms with van der Waals surface area (Å²) in [5.74, 6) is 0.406. The lowest BCUT2D eigenvalue weighted by molar-refractivity contribution is 0.236. The average molecular weight is 268 g/mol. The summed E-state index contributed by atoms with van der Waals surface area (Å²) in [5, 5.41) is 12.9. The minimum Gasteiger partial charge on any atom is -0.316 e. The van der Waals surface area contributed by atoms with Crippen molar-refractivity contribution in [3.63, 3.8) is 0 Å². The van der Waals surface area contributed by atoms with Crippen LogP contribution in [0.4, 0.5) is 0 Å². The second-order valence-corrected chi connectivity index (χ2v) is 5.18. The molecule has 5 heteroatoms. The maximum Gasteiger partial charge on any atom is 0.133 e. The van der Waals surface area contributed by atoms with E-state index in [1.54, 1.807) is 12.3 Å². The summed E-state index contributed by atoms with van der Waals surface area (Å²) in [6, 6.07) is 5.55. The third kappa shape index (κ3) is 1.69. The lowest BCUT2D eigenvalue weighted by Gasteiger charge is -2.39. The molecule has 3 rings (SSSR count). The van der Waals surface area contributed by atoms with E-state index in [-0.39, 0.29) is 0 Å². The van der Waals surface area contributed by atoms with Gasteiger partial charge in [0.2, 0.25) is 0 Å². The SMILES string of the molecule is Clc1ccc(C2(C3CNC3)C=CN=N2)c(Cl)c1. The van der Waals surface area contributed by atoms with Crippen molar-refractivity contribution < 1.29 is 0 Å². The van der Waals surface area contributed by atoms with Gasteiger partial charge in [-0.3, -0.25) is 0 Å². The van der Waals surface area contributed by atoms with E-state index >= 15 is 0 Å². The zero-order valence-corrected chi connectivity index (χ0v) is 10.5. The van der Waals surface area contributed by atoms with Crippen LogP contribution in [0.1, 0.15) is 5.56 Å². The van der Waals surface area contributed by atoms with Crippen molar-refractivity contribution in [2.45, 2.75) is 5.54 Å². The van der Waals surface area contributed by atoms with Gasteiger partial charge in [0.05, 0.1) is 0 Å². The van der Waals surface area contributed by atoms with Crippen LogP contribution in [0.15, 0.2) is 40.7 Å². The van der Waals surface area contributed by atoms with Gasteiger partial charge < -0.3 is 5.32 Å². The topological polar surface area (TPSA) is 36.8 Å². The van der Waals surface area contributed by atoms with Gasteiger partial charge in [-0.05, 0) is 18.2 Å². The first-order valence-electron chi connectivity index (χ1n) is 5.48. The zero-order chi connectivity index (χ0) is 11.9. The highest BCUT2D eigenvalue weighted by Crippen LogP contribution is 2.44. The van der Waals surface area contributed by atoms with Crippen LogP contribution in [-0.4, -0.2) is 13.1 Å². The minimum atomic E-state index is -0.410. The minimum absolute atomic E-state index is 0.406. The van der Waals surface area contributed by atoms with Crippen LogP contribution in [0.2, 0.25) is 10.0 Å². The van der Waals surface area contributed by atoms with Crippen molar-refractivity contribution in [3.8, 4) is 0 Å². The van der Waals surface area contributed by atoms with E-state index < -0.39 is 5.54 Å². The maximum atomic E-state index is 6.28. The summed E-state index contributed by atoms with van der Waals surface area (Å²) in [4.78, 5) is 0. The number of hydrogen-bond acceptors (Lipinski definition) is 3. The fourth-order valence-corrected chi connectivity index (χ4v) is 2.86. The van der Waals surface area contributed by atoms with Crippen LogP contribution < -0.4 is 5.32 Å². The van der Waals surface area contributed by atoms with E-state index in [9.17, 15) is 0 Å². The molecule has 0 aromatic heterocycles. The molecule has 2 aliphatic heterocycles. The number of nitrogens with one attached hydrogen (secondary N) is 1. The number of hydrogen-bond donors (Lipinski definition) is 1. The van der Waals surface area contributed by atoms with Crippen LogP contribution in [0.5, 0.6) is 0 Å². The molecule has 1 aromatic carbocycles. The maximum absolute atomic E-state index is 6.28. The highest BCUT2D eigenvalue weighted by molar-refractivity contribution is 6.35. The smallest absolute Gasteiger partial charge is 0.133 e. The number of nitrogens with zero attached hydrogens (tertiary/aromatic N) is 2. The second kappa shape index (κ2) is 4.09. The van der Waals surface area contributed by atoms with Gasteiger partial charge in [-0.1, -0.05) is 29.3 Å². The van der Waals surface area contributed by atoms with Gasteiger partial charge in [0.15, 0.2) is 0 Å². The van der Waals surface area contributed by atoms with E-state index in [2.05, 4.69) is 15.5 Å². The van der Waals surface area contributed by atoms with Gasteiger partial charge in [0, 0.05) is 40.8 Å². The Kier molecular flexibility index (Phi) is 2.69. The van der Waals surface area contributed by atoms with Crippen molar-refractivity contribution in [3.05, 3.63) is 46.1 Å². The van der Waals surface area contributed by atoms with Gasteiger partial charge >= 0.3 is 0 Å². The number of benzene rings is 1. The van der Waals surface area contributed by atoms with Gasteiger partial charge in [0.1, 0.15) is 5.54 Å². The predicted octanol–water partition coefficient (Wildman–Crippen LogP) is 3.39. The summed E-state index contributed by atoms with van der Waals surface area (Å²) in [6.45, 7) is 1.87. The van der Waals surface area contributed by atoms with Crippen LogP contribution in [0.25, 0.3) is 0 Å². The van der Waals surface area contributed by atoms with Crippen molar-refractivity contribution in [1.82, 2.24) is 5.32 Å². The van der Waals surface area contributed by atoms with Crippen molar-refractivity contribution in [2.24, 2.45) is 16.1 Å².